The number of fused-ring (bicyclic) bond motifs is 1. The number of carbonyl (C=O) groups excluding carboxylic acids is 5. The van der Waals surface area contributed by atoms with Crippen molar-refractivity contribution in [1.29, 1.82) is 0 Å². The molecule has 0 radical (unpaired) electrons. The molecule has 1 unspecified atom stereocenters. The second kappa shape index (κ2) is 17.7. The lowest BCUT2D eigenvalue weighted by Crippen LogP contribution is -2.54. The number of carbonyl (C=O) groups is 5. The molecule has 4 saturated heterocycles. The van der Waals surface area contributed by atoms with Gasteiger partial charge in [-0.25, -0.2) is 14.2 Å². The zero-order valence-corrected chi connectivity index (χ0v) is 33.9. The van der Waals surface area contributed by atoms with E-state index in [-0.39, 0.29) is 41.5 Å². The van der Waals surface area contributed by atoms with Gasteiger partial charge in [-0.3, -0.25) is 34.2 Å². The van der Waals surface area contributed by atoms with Crippen molar-refractivity contribution in [3.8, 4) is 5.75 Å². The molecule has 326 valence electrons. The molecule has 5 amide bonds. The Morgan fingerprint density at radius 1 is 0.855 bits per heavy atom. The predicted molar refractivity (Wildman–Crippen MR) is 218 cm³/mol. The van der Waals surface area contributed by atoms with Crippen LogP contribution in [0.2, 0.25) is 0 Å². The van der Waals surface area contributed by atoms with Crippen LogP contribution >= 0.6 is 0 Å². The molecular weight excluding hydrogens is 813 g/mol. The van der Waals surface area contributed by atoms with Crippen LogP contribution in [-0.2, 0) is 20.6 Å². The van der Waals surface area contributed by atoms with E-state index in [2.05, 4.69) is 25.4 Å². The maximum Gasteiger partial charge on any atom is 0.407 e. The van der Waals surface area contributed by atoms with Crippen molar-refractivity contribution in [2.75, 3.05) is 67.5 Å². The minimum absolute atomic E-state index is 0.00598. The summed E-state index contributed by atoms with van der Waals surface area (Å²) < 4.78 is 61.9. The molecule has 4 fully saturated rings. The van der Waals surface area contributed by atoms with Crippen LogP contribution in [-0.4, -0.2) is 103 Å². The molecule has 3 aromatic rings. The van der Waals surface area contributed by atoms with Gasteiger partial charge in [0.1, 0.15) is 23.4 Å². The fourth-order valence-corrected chi connectivity index (χ4v) is 9.21. The monoisotopic (exact) mass is 858 g/mol. The van der Waals surface area contributed by atoms with Crippen LogP contribution in [0.4, 0.5) is 40.4 Å². The van der Waals surface area contributed by atoms with Crippen molar-refractivity contribution in [3.63, 3.8) is 0 Å². The Hall–Kier alpha value is -6.09. The molecule has 8 rings (SSSR count). The average Bonchev–Trinajstić information content (AvgIpc) is 3.50. The Balaban J connectivity index is 0.737. The van der Waals surface area contributed by atoms with Gasteiger partial charge in [-0.15, -0.1) is 0 Å². The normalized spacial score (nSPS) is 20.9. The van der Waals surface area contributed by atoms with Crippen molar-refractivity contribution in [2.24, 2.45) is 17.8 Å². The summed E-state index contributed by atoms with van der Waals surface area (Å²) in [5.41, 5.74) is -0.774. The smallest absolute Gasteiger partial charge is 0.407 e. The van der Waals surface area contributed by atoms with Crippen molar-refractivity contribution in [1.82, 2.24) is 20.1 Å². The van der Waals surface area contributed by atoms with Gasteiger partial charge in [-0.2, -0.15) is 13.2 Å². The standard InChI is InChI=1S/C44H46F4N8O6/c1-49-35-4-2-29(20-33(35)44(46,47)48)54-18-12-28(13-19-54)40(58)51-38-6-3-30(23-50-38)62-25-27-8-14-53(15-9-27)24-26-10-16-55(17-11-26)37-22-32-31(21-34(37)45)42(60)56(43(32)61)36-5-7-39(57)52-41(36)59/h2-4,6,20-23,26-28,36H,5,7-19,24-25H2,(H,50,51,58)(H,52,57,59). The summed E-state index contributed by atoms with van der Waals surface area (Å²) >= 11 is 0. The highest BCUT2D eigenvalue weighted by Gasteiger charge is 2.45. The third-order valence-electron chi connectivity index (χ3n) is 12.8. The zero-order valence-electron chi connectivity index (χ0n) is 33.9. The molecule has 62 heavy (non-hydrogen) atoms. The minimum atomic E-state index is -4.63. The first-order valence-corrected chi connectivity index (χ1v) is 21.0. The van der Waals surface area contributed by atoms with Gasteiger partial charge in [0, 0.05) is 50.7 Å². The van der Waals surface area contributed by atoms with Crippen LogP contribution in [0.1, 0.15) is 77.6 Å². The highest BCUT2D eigenvalue weighted by molar-refractivity contribution is 6.23. The molecular formula is C44H46F4N8O6. The van der Waals surface area contributed by atoms with Gasteiger partial charge in [-0.05, 0) is 106 Å². The van der Waals surface area contributed by atoms with E-state index in [0.717, 1.165) is 62.4 Å². The molecule has 0 aliphatic carbocycles. The zero-order chi connectivity index (χ0) is 43.7. The number of hydrogen-bond acceptors (Lipinski definition) is 10. The number of piperidine rings is 4. The topological polar surface area (TPSA) is 149 Å². The Labute approximate surface area is 355 Å². The molecule has 0 saturated carbocycles. The summed E-state index contributed by atoms with van der Waals surface area (Å²) in [4.78, 5) is 77.8. The van der Waals surface area contributed by atoms with Crippen LogP contribution in [0, 0.1) is 30.1 Å². The third-order valence-corrected chi connectivity index (χ3v) is 12.8. The second-order valence-electron chi connectivity index (χ2n) is 16.7. The lowest BCUT2D eigenvalue weighted by molar-refractivity contribution is -0.137. The number of halogens is 4. The van der Waals surface area contributed by atoms with Crippen molar-refractivity contribution in [3.05, 3.63) is 82.6 Å². The maximum absolute atomic E-state index is 15.4. The molecule has 0 bridgehead atoms. The molecule has 1 atom stereocenters. The first-order valence-electron chi connectivity index (χ1n) is 21.0. The van der Waals surface area contributed by atoms with Gasteiger partial charge in [0.05, 0.1) is 41.8 Å². The summed E-state index contributed by atoms with van der Waals surface area (Å²) in [5.74, 6) is -1.91. The lowest BCUT2D eigenvalue weighted by atomic mass is 9.92. The van der Waals surface area contributed by atoms with E-state index in [4.69, 9.17) is 11.3 Å². The van der Waals surface area contributed by atoms with Crippen LogP contribution in [0.5, 0.6) is 5.75 Å². The van der Waals surface area contributed by atoms with Gasteiger partial charge in [-0.1, -0.05) is 6.07 Å². The predicted octanol–water partition coefficient (Wildman–Crippen LogP) is 6.05. The molecule has 14 nitrogen and oxygen atoms in total. The van der Waals surface area contributed by atoms with Gasteiger partial charge in [0.25, 0.3) is 11.8 Å². The number of pyridine rings is 1. The maximum atomic E-state index is 15.4. The molecule has 5 aliphatic heterocycles. The Kier molecular flexibility index (Phi) is 12.2. The molecule has 2 N–H and O–H groups in total. The Bertz CT molecular complexity index is 2280. The van der Waals surface area contributed by atoms with Gasteiger partial charge in [0.2, 0.25) is 17.7 Å². The van der Waals surface area contributed by atoms with Crippen LogP contribution in [0.15, 0.2) is 48.7 Å². The van der Waals surface area contributed by atoms with E-state index < -0.39 is 52.9 Å². The largest absolute Gasteiger partial charge is 0.492 e. The van der Waals surface area contributed by atoms with E-state index in [9.17, 15) is 37.1 Å². The van der Waals surface area contributed by atoms with Gasteiger partial charge < -0.3 is 24.8 Å². The molecule has 2 aromatic carbocycles. The SMILES string of the molecule is [C-]#[N+]c1ccc(N2CCC(C(=O)Nc3ccc(OCC4CCN(CC5CCN(c6cc7c(cc6F)C(=O)N(C6CCC(=O)NC6=O)C7=O)CC5)CC4)cn3)CC2)cc1C(F)(F)F. The Morgan fingerprint density at radius 3 is 2.18 bits per heavy atom. The first kappa shape index (κ1) is 42.6. The number of rotatable bonds is 10. The average molecular weight is 859 g/mol. The number of imide groups is 2. The number of hydrogen-bond donors (Lipinski definition) is 2. The number of anilines is 3. The van der Waals surface area contributed by atoms with Crippen LogP contribution < -0.4 is 25.2 Å². The number of aromatic nitrogens is 1. The molecule has 1 aromatic heterocycles. The number of ether oxygens (including phenoxy) is 1. The summed E-state index contributed by atoms with van der Waals surface area (Å²) in [6, 6.07) is 8.55. The number of likely N-dealkylation sites (tertiary alicyclic amines) is 1. The summed E-state index contributed by atoms with van der Waals surface area (Å²) in [5, 5.41) is 5.01. The molecule has 5 aliphatic rings. The van der Waals surface area contributed by atoms with E-state index in [1.807, 2.05) is 4.90 Å². The number of alkyl halides is 3. The third kappa shape index (κ3) is 9.08. The van der Waals surface area contributed by atoms with E-state index >= 15 is 4.39 Å². The Morgan fingerprint density at radius 2 is 1.53 bits per heavy atom. The van der Waals surface area contributed by atoms with Crippen molar-refractivity contribution in [2.45, 2.75) is 63.6 Å². The number of nitrogens with one attached hydrogen (secondary N) is 2. The molecule has 0 spiro atoms. The van der Waals surface area contributed by atoms with Crippen LogP contribution in [0.3, 0.4) is 0 Å². The summed E-state index contributed by atoms with van der Waals surface area (Å²) in [7, 11) is 0. The number of benzene rings is 2. The first-order chi connectivity index (χ1) is 29.7. The van der Waals surface area contributed by atoms with E-state index in [1.54, 1.807) is 23.2 Å². The fourth-order valence-electron chi connectivity index (χ4n) is 9.21. The number of amides is 5. The summed E-state index contributed by atoms with van der Waals surface area (Å²) in [6.07, 6.45) is 1.52. The van der Waals surface area contributed by atoms with Gasteiger partial charge in [0.15, 0.2) is 5.69 Å². The fraction of sp³-hybridized carbons (Fsp3) is 0.477. The van der Waals surface area contributed by atoms with Crippen LogP contribution in [0.25, 0.3) is 4.85 Å². The molecule has 18 heteroatoms. The van der Waals surface area contributed by atoms with Crippen molar-refractivity contribution >= 4 is 52.4 Å². The van der Waals surface area contributed by atoms with Crippen molar-refractivity contribution < 1.29 is 46.3 Å². The quantitative estimate of drug-likeness (QED) is 0.140. The van der Waals surface area contributed by atoms with E-state index in [1.165, 1.54) is 18.2 Å². The van der Waals surface area contributed by atoms with E-state index in [0.29, 0.717) is 74.7 Å². The lowest BCUT2D eigenvalue weighted by Gasteiger charge is -2.38. The number of nitrogens with zero attached hydrogens (tertiary/aromatic N) is 6. The highest BCUT2D eigenvalue weighted by atomic mass is 19.4. The second-order valence-corrected chi connectivity index (χ2v) is 16.7. The molecule has 6 heterocycles. The minimum Gasteiger partial charge on any atom is -0.492 e. The van der Waals surface area contributed by atoms with Gasteiger partial charge >= 0.3 is 6.18 Å². The summed E-state index contributed by atoms with van der Waals surface area (Å²) in [6.45, 7) is 12.4. The highest BCUT2D eigenvalue weighted by Crippen LogP contribution is 2.40.